The van der Waals surface area contributed by atoms with E-state index in [0.717, 1.165) is 33.4 Å². The molecular weight excluding hydrogens is 578 g/mol. The molecule has 46 heavy (non-hydrogen) atoms. The molecule has 0 aliphatic rings. The normalized spacial score (nSPS) is 11.2. The third-order valence-electron chi connectivity index (χ3n) is 7.35. The average Bonchev–Trinajstić information content (AvgIpc) is 3.56. The lowest BCUT2D eigenvalue weighted by Crippen LogP contribution is -2.44. The highest BCUT2D eigenvalue weighted by molar-refractivity contribution is 6.04. The van der Waals surface area contributed by atoms with Gasteiger partial charge in [-0.05, 0) is 52.8 Å². The van der Waals surface area contributed by atoms with Gasteiger partial charge in [0.2, 0.25) is 5.91 Å². The maximum absolute atomic E-state index is 12.8. The summed E-state index contributed by atoms with van der Waals surface area (Å²) in [5, 5.41) is 16.1. The van der Waals surface area contributed by atoms with Crippen LogP contribution in [0.3, 0.4) is 0 Å². The summed E-state index contributed by atoms with van der Waals surface area (Å²) >= 11 is 0. The number of aromatic nitrogens is 1. The number of H-pyrrole nitrogens is 1. The van der Waals surface area contributed by atoms with E-state index in [2.05, 4.69) is 57.3 Å². The van der Waals surface area contributed by atoms with Crippen molar-refractivity contribution < 1.29 is 19.1 Å². The fourth-order valence-corrected chi connectivity index (χ4v) is 4.76. The number of benzene rings is 4. The standard InChI is InChI=1S/C37H35N5O4/c1-25(41-36(44)33-21-29(23-39-33)20-26-12-16-31(17-13-26)30-10-6-3-7-11-30)35(43)40-22-27-14-18-32(19-15-27)34(38)42-37(45)46-24-28-8-4-2-5-9-28/h2-19,21,23,25,39H,20,22,24H2,1H3,(H,40,43)(H,41,44)(H2,38,42,45)/t25-/m0/s1. The molecule has 5 rings (SSSR count). The molecule has 0 saturated heterocycles. The van der Waals surface area contributed by atoms with Crippen molar-refractivity contribution in [3.05, 3.63) is 155 Å². The third-order valence-corrected chi connectivity index (χ3v) is 7.35. The highest BCUT2D eigenvalue weighted by Crippen LogP contribution is 2.20. The van der Waals surface area contributed by atoms with Crippen molar-refractivity contribution in [3.63, 3.8) is 0 Å². The summed E-state index contributed by atoms with van der Waals surface area (Å²) in [6.07, 6.45) is 1.75. The van der Waals surface area contributed by atoms with Gasteiger partial charge in [0, 0.05) is 18.3 Å². The highest BCUT2D eigenvalue weighted by Gasteiger charge is 2.18. The monoisotopic (exact) mass is 613 g/mol. The SMILES string of the molecule is C[C@H](NC(=O)c1cc(Cc2ccc(-c3ccccc3)cc2)c[nH]1)C(=O)NCc1ccc(C(=N)NC(=O)OCc2ccccc2)cc1. The van der Waals surface area contributed by atoms with Gasteiger partial charge in [-0.2, -0.15) is 0 Å². The van der Waals surface area contributed by atoms with Gasteiger partial charge in [0.05, 0.1) is 0 Å². The van der Waals surface area contributed by atoms with Gasteiger partial charge < -0.3 is 20.4 Å². The lowest BCUT2D eigenvalue weighted by atomic mass is 10.0. The lowest BCUT2D eigenvalue weighted by Gasteiger charge is -2.14. The van der Waals surface area contributed by atoms with Crippen LogP contribution in [-0.4, -0.2) is 34.8 Å². The number of alkyl carbamates (subject to hydrolysis) is 1. The van der Waals surface area contributed by atoms with Gasteiger partial charge in [0.25, 0.3) is 5.91 Å². The largest absolute Gasteiger partial charge is 0.444 e. The first kappa shape index (κ1) is 31.5. The topological polar surface area (TPSA) is 136 Å². The van der Waals surface area contributed by atoms with Gasteiger partial charge in [-0.1, -0.05) is 109 Å². The number of carbonyl (C=O) groups excluding carboxylic acids is 3. The number of aromatic amines is 1. The van der Waals surface area contributed by atoms with Crippen molar-refractivity contribution in [2.45, 2.75) is 32.5 Å². The zero-order chi connectivity index (χ0) is 32.3. The number of amidine groups is 1. The first-order valence-corrected chi connectivity index (χ1v) is 14.9. The molecule has 1 aromatic heterocycles. The molecule has 0 fully saturated rings. The van der Waals surface area contributed by atoms with Crippen LogP contribution in [0.5, 0.6) is 0 Å². The summed E-state index contributed by atoms with van der Waals surface area (Å²) < 4.78 is 5.16. The van der Waals surface area contributed by atoms with E-state index < -0.39 is 12.1 Å². The second kappa shape index (κ2) is 15.2. The number of hydrogen-bond donors (Lipinski definition) is 5. The van der Waals surface area contributed by atoms with E-state index in [1.807, 2.05) is 48.5 Å². The van der Waals surface area contributed by atoms with Crippen LogP contribution in [0.15, 0.2) is 121 Å². The Bertz CT molecular complexity index is 1780. The fraction of sp³-hybridized carbons (Fsp3) is 0.135. The Morgan fingerprint density at radius 3 is 2.09 bits per heavy atom. The first-order chi connectivity index (χ1) is 22.3. The molecule has 9 nitrogen and oxygen atoms in total. The second-order valence-electron chi connectivity index (χ2n) is 10.8. The van der Waals surface area contributed by atoms with Gasteiger partial charge in [0.1, 0.15) is 24.2 Å². The fourth-order valence-electron chi connectivity index (χ4n) is 4.76. The van der Waals surface area contributed by atoms with Crippen LogP contribution < -0.4 is 16.0 Å². The van der Waals surface area contributed by atoms with Crippen molar-refractivity contribution in [3.8, 4) is 11.1 Å². The van der Waals surface area contributed by atoms with E-state index in [4.69, 9.17) is 10.1 Å². The summed E-state index contributed by atoms with van der Waals surface area (Å²) in [7, 11) is 0. The number of ether oxygens (including phenoxy) is 1. The minimum atomic E-state index is -0.761. The molecule has 0 aliphatic carbocycles. The molecule has 0 saturated carbocycles. The van der Waals surface area contributed by atoms with E-state index in [-0.39, 0.29) is 30.8 Å². The van der Waals surface area contributed by atoms with Crippen molar-refractivity contribution >= 4 is 23.7 Å². The average molecular weight is 614 g/mol. The molecule has 0 radical (unpaired) electrons. The van der Waals surface area contributed by atoms with Crippen molar-refractivity contribution in [1.29, 1.82) is 5.41 Å². The molecule has 5 N–H and O–H groups in total. The van der Waals surface area contributed by atoms with E-state index in [0.29, 0.717) is 17.7 Å². The van der Waals surface area contributed by atoms with Gasteiger partial charge in [-0.25, -0.2) is 4.79 Å². The van der Waals surface area contributed by atoms with Crippen LogP contribution in [0, 0.1) is 5.41 Å². The molecule has 9 heteroatoms. The van der Waals surface area contributed by atoms with Crippen LogP contribution >= 0.6 is 0 Å². The molecule has 3 amide bonds. The minimum absolute atomic E-state index is 0.0987. The number of nitrogens with one attached hydrogen (secondary N) is 5. The van der Waals surface area contributed by atoms with Crippen LogP contribution in [0.1, 0.15) is 45.2 Å². The van der Waals surface area contributed by atoms with Gasteiger partial charge in [-0.3, -0.25) is 20.3 Å². The van der Waals surface area contributed by atoms with Crippen LogP contribution in [0.4, 0.5) is 4.79 Å². The Hall–Kier alpha value is -5.96. The zero-order valence-corrected chi connectivity index (χ0v) is 25.4. The smallest absolute Gasteiger partial charge is 0.413 e. The Morgan fingerprint density at radius 1 is 0.761 bits per heavy atom. The van der Waals surface area contributed by atoms with Crippen molar-refractivity contribution in [1.82, 2.24) is 20.9 Å². The van der Waals surface area contributed by atoms with Crippen molar-refractivity contribution in [2.24, 2.45) is 0 Å². The molecule has 1 atom stereocenters. The Balaban J connectivity index is 1.04. The van der Waals surface area contributed by atoms with Crippen molar-refractivity contribution in [2.75, 3.05) is 0 Å². The predicted octanol–water partition coefficient (Wildman–Crippen LogP) is 5.96. The first-order valence-electron chi connectivity index (χ1n) is 14.9. The van der Waals surface area contributed by atoms with Crippen LogP contribution in [0.25, 0.3) is 11.1 Å². The highest BCUT2D eigenvalue weighted by atomic mass is 16.5. The quantitative estimate of drug-likeness (QED) is 0.0928. The summed E-state index contributed by atoms with van der Waals surface area (Å²) in [5.74, 6) is -0.803. The summed E-state index contributed by atoms with van der Waals surface area (Å²) in [6.45, 7) is 1.96. The number of carbonyl (C=O) groups is 3. The molecule has 232 valence electrons. The van der Waals surface area contributed by atoms with Gasteiger partial charge in [-0.15, -0.1) is 0 Å². The van der Waals surface area contributed by atoms with E-state index in [1.54, 1.807) is 43.5 Å². The van der Waals surface area contributed by atoms with E-state index >= 15 is 0 Å². The Labute approximate surface area is 267 Å². The van der Waals surface area contributed by atoms with Crippen LogP contribution in [0.2, 0.25) is 0 Å². The van der Waals surface area contributed by atoms with E-state index in [9.17, 15) is 14.4 Å². The molecule has 0 unspecified atom stereocenters. The maximum Gasteiger partial charge on any atom is 0.413 e. The summed E-state index contributed by atoms with van der Waals surface area (Å²) in [6, 6.07) is 35.7. The molecular formula is C37H35N5O4. The number of amides is 3. The molecule has 0 aliphatic heterocycles. The predicted molar refractivity (Wildman–Crippen MR) is 177 cm³/mol. The minimum Gasteiger partial charge on any atom is -0.444 e. The third kappa shape index (κ3) is 8.79. The molecule has 0 spiro atoms. The Morgan fingerprint density at radius 2 is 1.39 bits per heavy atom. The Kier molecular flexibility index (Phi) is 10.4. The van der Waals surface area contributed by atoms with E-state index in [1.165, 1.54) is 0 Å². The molecule has 5 aromatic rings. The maximum atomic E-state index is 12.8. The molecule has 1 heterocycles. The number of hydrogen-bond acceptors (Lipinski definition) is 5. The number of rotatable bonds is 11. The van der Waals surface area contributed by atoms with Gasteiger partial charge in [0.15, 0.2) is 0 Å². The molecule has 0 bridgehead atoms. The summed E-state index contributed by atoms with van der Waals surface area (Å²) in [5.41, 5.74) is 6.91. The molecule has 4 aromatic carbocycles. The van der Waals surface area contributed by atoms with Gasteiger partial charge >= 0.3 is 6.09 Å². The lowest BCUT2D eigenvalue weighted by molar-refractivity contribution is -0.122. The van der Waals surface area contributed by atoms with Crippen LogP contribution in [-0.2, 0) is 29.1 Å². The summed E-state index contributed by atoms with van der Waals surface area (Å²) in [4.78, 5) is 40.6. The second-order valence-corrected chi connectivity index (χ2v) is 10.8. The zero-order valence-electron chi connectivity index (χ0n) is 25.4.